The Labute approximate surface area is 342 Å². The molecule has 3 aliphatic carbocycles. The van der Waals surface area contributed by atoms with Crippen LogP contribution in [0.15, 0.2) is 182 Å². The summed E-state index contributed by atoms with van der Waals surface area (Å²) in [7, 11) is 0. The number of aromatic nitrogens is 4. The minimum Gasteiger partial charge on any atom is -0.277 e. The summed E-state index contributed by atoms with van der Waals surface area (Å²) in [6.07, 6.45) is 0. The second-order valence-corrected chi connectivity index (χ2v) is 16.7. The fourth-order valence-electron chi connectivity index (χ4n) is 11.2. The molecule has 0 amide bonds. The van der Waals surface area contributed by atoms with Gasteiger partial charge in [0.15, 0.2) is 11.6 Å². The van der Waals surface area contributed by atoms with Gasteiger partial charge in [0.1, 0.15) is 0 Å². The van der Waals surface area contributed by atoms with E-state index in [-0.39, 0.29) is 5.41 Å². The van der Waals surface area contributed by atoms with E-state index in [1.165, 1.54) is 77.5 Å². The molecule has 0 fully saturated rings. The molecule has 2 heterocycles. The fourth-order valence-corrected chi connectivity index (χ4v) is 11.2. The van der Waals surface area contributed by atoms with Crippen LogP contribution < -0.4 is 0 Å². The minimum atomic E-state index is -0.471. The number of nitrogens with zero attached hydrogens (tertiary/aromatic N) is 4. The first-order valence-corrected chi connectivity index (χ1v) is 20.5. The van der Waals surface area contributed by atoms with Gasteiger partial charge in [0.2, 0.25) is 5.95 Å². The third-order valence-corrected chi connectivity index (χ3v) is 13.5. The Balaban J connectivity index is 1.14. The zero-order chi connectivity index (χ0) is 39.0. The summed E-state index contributed by atoms with van der Waals surface area (Å²) < 4.78 is 2.32. The molecule has 0 saturated carbocycles. The maximum absolute atomic E-state index is 5.59. The van der Waals surface area contributed by atoms with Gasteiger partial charge in [-0.3, -0.25) is 4.57 Å². The number of hydrogen-bond donors (Lipinski definition) is 0. The van der Waals surface area contributed by atoms with E-state index >= 15 is 0 Å². The highest BCUT2D eigenvalue weighted by atomic mass is 15.2. The van der Waals surface area contributed by atoms with Crippen molar-refractivity contribution in [2.45, 2.75) is 24.7 Å². The predicted octanol–water partition coefficient (Wildman–Crippen LogP) is 13.0. The largest absolute Gasteiger partial charge is 0.277 e. The molecule has 13 rings (SSSR count). The van der Waals surface area contributed by atoms with Crippen molar-refractivity contribution in [1.82, 2.24) is 19.5 Å². The number of benzene rings is 8. The summed E-state index contributed by atoms with van der Waals surface area (Å²) in [5, 5.41) is 2.37. The van der Waals surface area contributed by atoms with Gasteiger partial charge in [-0.15, -0.1) is 0 Å². The molecule has 4 nitrogen and oxygen atoms in total. The summed E-state index contributed by atoms with van der Waals surface area (Å²) >= 11 is 0. The summed E-state index contributed by atoms with van der Waals surface area (Å²) in [6.45, 7) is 4.71. The second-order valence-electron chi connectivity index (χ2n) is 16.7. The lowest BCUT2D eigenvalue weighted by Crippen LogP contribution is -2.25. The lowest BCUT2D eigenvalue weighted by Gasteiger charge is -2.30. The van der Waals surface area contributed by atoms with Gasteiger partial charge < -0.3 is 0 Å². The number of para-hydroxylation sites is 1. The van der Waals surface area contributed by atoms with Crippen LogP contribution in [0.3, 0.4) is 0 Å². The Morgan fingerprint density at radius 3 is 1.66 bits per heavy atom. The SMILES string of the molecule is CC1(C)c2ccccc2-c2ccc3c4ccccc4n(-c4nc(-c5ccccc5)nc(-c5cccc6c5-c5ccccc5C65c6ccccc6-c6ccccc65)n4)c3c21. The molecule has 10 aromatic rings. The normalized spacial score (nSPS) is 14.5. The molecule has 0 bridgehead atoms. The first-order valence-electron chi connectivity index (χ1n) is 20.5. The Kier molecular flexibility index (Phi) is 6.41. The van der Waals surface area contributed by atoms with Crippen LogP contribution >= 0.6 is 0 Å². The van der Waals surface area contributed by atoms with E-state index in [9.17, 15) is 0 Å². The van der Waals surface area contributed by atoms with Crippen molar-refractivity contribution in [2.75, 3.05) is 0 Å². The lowest BCUT2D eigenvalue weighted by molar-refractivity contribution is 0.663. The molecular formula is C55H36N4. The Bertz CT molecular complexity index is 3380. The zero-order valence-electron chi connectivity index (χ0n) is 32.6. The first kappa shape index (κ1) is 32.6. The van der Waals surface area contributed by atoms with Crippen LogP contribution in [-0.4, -0.2) is 19.5 Å². The summed E-state index contributed by atoms with van der Waals surface area (Å²) in [5.74, 6) is 1.90. The minimum absolute atomic E-state index is 0.248. The smallest absolute Gasteiger partial charge is 0.238 e. The maximum Gasteiger partial charge on any atom is 0.238 e. The average Bonchev–Trinajstić information content (AvgIpc) is 3.97. The van der Waals surface area contributed by atoms with Crippen molar-refractivity contribution in [3.63, 3.8) is 0 Å². The van der Waals surface area contributed by atoms with Crippen LogP contribution in [-0.2, 0) is 10.8 Å². The van der Waals surface area contributed by atoms with Crippen LogP contribution in [0.4, 0.5) is 0 Å². The average molecular weight is 753 g/mol. The summed E-state index contributed by atoms with van der Waals surface area (Å²) in [5.41, 5.74) is 18.7. The predicted molar refractivity (Wildman–Crippen MR) is 239 cm³/mol. The van der Waals surface area contributed by atoms with E-state index in [1.807, 2.05) is 6.07 Å². The van der Waals surface area contributed by atoms with E-state index < -0.39 is 5.41 Å². The lowest BCUT2D eigenvalue weighted by atomic mass is 9.70. The van der Waals surface area contributed by atoms with E-state index in [4.69, 9.17) is 15.0 Å². The molecule has 276 valence electrons. The van der Waals surface area contributed by atoms with Crippen LogP contribution in [0, 0.1) is 0 Å². The Hall–Kier alpha value is -7.43. The van der Waals surface area contributed by atoms with E-state index in [2.05, 4.69) is 194 Å². The number of fused-ring (bicyclic) bond motifs is 17. The van der Waals surface area contributed by atoms with Gasteiger partial charge in [0.05, 0.1) is 16.4 Å². The number of rotatable bonds is 3. The van der Waals surface area contributed by atoms with Crippen LogP contribution in [0.1, 0.15) is 47.2 Å². The van der Waals surface area contributed by atoms with Gasteiger partial charge in [0, 0.05) is 27.3 Å². The quantitative estimate of drug-likeness (QED) is 0.180. The van der Waals surface area contributed by atoms with Gasteiger partial charge in [-0.05, 0) is 72.8 Å². The van der Waals surface area contributed by atoms with Crippen LogP contribution in [0.2, 0.25) is 0 Å². The van der Waals surface area contributed by atoms with Gasteiger partial charge >= 0.3 is 0 Å². The second kappa shape index (κ2) is 11.6. The molecule has 2 aromatic heterocycles. The number of hydrogen-bond acceptors (Lipinski definition) is 3. The highest BCUT2D eigenvalue weighted by Gasteiger charge is 2.52. The summed E-state index contributed by atoms with van der Waals surface area (Å²) in [6, 6.07) is 66.1. The maximum atomic E-state index is 5.59. The van der Waals surface area contributed by atoms with Gasteiger partial charge in [-0.1, -0.05) is 190 Å². The molecule has 0 atom stereocenters. The zero-order valence-corrected chi connectivity index (χ0v) is 32.6. The highest BCUT2D eigenvalue weighted by molar-refractivity contribution is 6.13. The van der Waals surface area contributed by atoms with Crippen molar-refractivity contribution < 1.29 is 0 Å². The standard InChI is InChI=1S/C55H36N4/c1-54(2)42-25-11-6-21-36(42)38-31-32-39-37-22-10-15-30-47(37)59(50(39)49(38)54)53-57-51(33-17-4-3-5-18-33)56-52(58-53)41-24-16-29-46-48(41)40-23-9-14-28-45(40)55(46)43-26-12-7-19-34(43)35-20-8-13-27-44(35)55/h3-32H,1-2H3. The molecule has 3 aliphatic rings. The van der Waals surface area contributed by atoms with Crippen molar-refractivity contribution in [1.29, 1.82) is 0 Å². The first-order chi connectivity index (χ1) is 29.0. The molecule has 1 spiro atoms. The van der Waals surface area contributed by atoms with Crippen molar-refractivity contribution in [2.24, 2.45) is 0 Å². The highest BCUT2D eigenvalue weighted by Crippen LogP contribution is 2.64. The molecule has 0 N–H and O–H groups in total. The Morgan fingerprint density at radius 1 is 0.390 bits per heavy atom. The van der Waals surface area contributed by atoms with Crippen molar-refractivity contribution in [3.05, 3.63) is 215 Å². The fraction of sp³-hybridized carbons (Fsp3) is 0.0727. The topological polar surface area (TPSA) is 43.6 Å². The molecule has 0 radical (unpaired) electrons. The van der Waals surface area contributed by atoms with Crippen LogP contribution in [0.5, 0.6) is 0 Å². The van der Waals surface area contributed by atoms with Crippen molar-refractivity contribution >= 4 is 21.8 Å². The molecular weight excluding hydrogens is 717 g/mol. The monoisotopic (exact) mass is 752 g/mol. The molecule has 0 unspecified atom stereocenters. The van der Waals surface area contributed by atoms with E-state index in [0.717, 1.165) is 22.2 Å². The molecule has 0 aliphatic heterocycles. The third-order valence-electron chi connectivity index (χ3n) is 13.5. The van der Waals surface area contributed by atoms with E-state index in [0.29, 0.717) is 17.6 Å². The van der Waals surface area contributed by atoms with Gasteiger partial charge in [-0.25, -0.2) is 4.98 Å². The molecule has 59 heavy (non-hydrogen) atoms. The molecule has 8 aromatic carbocycles. The van der Waals surface area contributed by atoms with Gasteiger partial charge in [0.25, 0.3) is 0 Å². The summed E-state index contributed by atoms with van der Waals surface area (Å²) in [4.78, 5) is 16.4. The van der Waals surface area contributed by atoms with Crippen molar-refractivity contribution in [3.8, 4) is 62.1 Å². The van der Waals surface area contributed by atoms with Crippen LogP contribution in [0.25, 0.3) is 83.9 Å². The van der Waals surface area contributed by atoms with E-state index in [1.54, 1.807) is 0 Å². The van der Waals surface area contributed by atoms with Gasteiger partial charge in [-0.2, -0.15) is 9.97 Å². The third kappa shape index (κ3) is 4.10. The molecule has 4 heteroatoms. The Morgan fingerprint density at radius 2 is 0.932 bits per heavy atom. The molecule has 0 saturated heterocycles.